The van der Waals surface area contributed by atoms with Gasteiger partial charge in [-0.15, -0.1) is 0 Å². The summed E-state index contributed by atoms with van der Waals surface area (Å²) < 4.78 is 0. The Morgan fingerprint density at radius 1 is 1.19 bits per heavy atom. The molecule has 3 rings (SSSR count). The third kappa shape index (κ3) is 3.63. The Labute approximate surface area is 162 Å². The number of aliphatic carboxylic acids is 1. The van der Waals surface area contributed by atoms with Crippen LogP contribution in [0.5, 0.6) is 0 Å². The van der Waals surface area contributed by atoms with Crippen LogP contribution in [0.4, 0.5) is 0 Å². The predicted octanol–water partition coefficient (Wildman–Crippen LogP) is 2.14. The summed E-state index contributed by atoms with van der Waals surface area (Å²) in [5.41, 5.74) is 1.20. The molecule has 1 aliphatic carbocycles. The number of hydrogen-bond donors (Lipinski definition) is 2. The third-order valence-electron chi connectivity index (χ3n) is 6.69. The largest absolute Gasteiger partial charge is 0.480 e. The molecular formula is C21H33N3O3. The van der Waals surface area contributed by atoms with Crippen molar-refractivity contribution in [2.75, 3.05) is 33.7 Å². The van der Waals surface area contributed by atoms with Crippen molar-refractivity contribution in [1.29, 1.82) is 0 Å². The van der Waals surface area contributed by atoms with Crippen LogP contribution in [0.2, 0.25) is 0 Å². The molecule has 0 amide bonds. The molecule has 6 nitrogen and oxygen atoms in total. The average molecular weight is 376 g/mol. The first-order valence-corrected chi connectivity index (χ1v) is 9.98. The van der Waals surface area contributed by atoms with Gasteiger partial charge in [0.25, 0.3) is 0 Å². The Hall–Kier alpha value is -1.47. The molecule has 2 fully saturated rings. The van der Waals surface area contributed by atoms with Crippen LogP contribution in [0.1, 0.15) is 44.6 Å². The Kier molecular flexibility index (Phi) is 5.91. The Bertz CT molecular complexity index is 641. The number of aliphatic hydroxyl groups is 1. The summed E-state index contributed by atoms with van der Waals surface area (Å²) >= 11 is 0. The van der Waals surface area contributed by atoms with E-state index < -0.39 is 12.3 Å². The van der Waals surface area contributed by atoms with E-state index in [0.717, 1.165) is 38.6 Å². The van der Waals surface area contributed by atoms with E-state index in [9.17, 15) is 15.0 Å². The molecule has 1 aromatic rings. The highest BCUT2D eigenvalue weighted by Crippen LogP contribution is 2.49. The number of aliphatic hydroxyl groups excluding tert-OH is 1. The van der Waals surface area contributed by atoms with Gasteiger partial charge >= 0.3 is 5.97 Å². The molecule has 0 radical (unpaired) electrons. The number of carboxylic acids is 1. The lowest BCUT2D eigenvalue weighted by Crippen LogP contribution is -2.56. The summed E-state index contributed by atoms with van der Waals surface area (Å²) in [5, 5.41) is 20.0. The van der Waals surface area contributed by atoms with E-state index in [2.05, 4.69) is 61.2 Å². The number of rotatable bonds is 6. The van der Waals surface area contributed by atoms with E-state index in [-0.39, 0.29) is 17.6 Å². The van der Waals surface area contributed by atoms with Gasteiger partial charge in [-0.2, -0.15) is 0 Å². The summed E-state index contributed by atoms with van der Waals surface area (Å²) in [7, 11) is 4.30. The minimum Gasteiger partial charge on any atom is -0.480 e. The minimum atomic E-state index is -0.884. The Morgan fingerprint density at radius 3 is 2.33 bits per heavy atom. The van der Waals surface area contributed by atoms with Gasteiger partial charge in [-0.3, -0.25) is 19.5 Å². The fourth-order valence-electron chi connectivity index (χ4n) is 5.21. The number of carboxylic acid groups (broad SMARTS) is 1. The van der Waals surface area contributed by atoms with Crippen LogP contribution in [-0.4, -0.2) is 76.5 Å². The van der Waals surface area contributed by atoms with E-state index in [4.69, 9.17) is 0 Å². The Morgan fingerprint density at radius 2 is 1.81 bits per heavy atom. The Balaban J connectivity index is 1.85. The van der Waals surface area contributed by atoms with Crippen LogP contribution in [0, 0.1) is 0 Å². The van der Waals surface area contributed by atoms with Crippen LogP contribution in [0.25, 0.3) is 0 Å². The molecule has 1 aromatic carbocycles. The second-order valence-corrected chi connectivity index (χ2v) is 8.35. The number of carbonyl (C=O) groups is 1. The van der Waals surface area contributed by atoms with Crippen molar-refractivity contribution in [2.24, 2.45) is 0 Å². The average Bonchev–Trinajstić information content (AvgIpc) is 2.88. The summed E-state index contributed by atoms with van der Waals surface area (Å²) in [5.74, 6) is -0.884. The molecule has 27 heavy (non-hydrogen) atoms. The van der Waals surface area contributed by atoms with Gasteiger partial charge in [-0.05, 0) is 51.8 Å². The molecule has 150 valence electrons. The van der Waals surface area contributed by atoms with Crippen molar-refractivity contribution < 1.29 is 15.0 Å². The zero-order valence-electron chi connectivity index (χ0n) is 16.8. The highest BCUT2D eigenvalue weighted by molar-refractivity contribution is 5.69. The van der Waals surface area contributed by atoms with E-state index in [0.29, 0.717) is 6.54 Å². The van der Waals surface area contributed by atoms with Crippen LogP contribution >= 0.6 is 0 Å². The lowest BCUT2D eigenvalue weighted by atomic mass is 9.68. The van der Waals surface area contributed by atoms with Gasteiger partial charge in [-0.25, -0.2) is 0 Å². The molecule has 1 aliphatic heterocycles. The van der Waals surface area contributed by atoms with Crippen molar-refractivity contribution in [3.05, 3.63) is 35.9 Å². The van der Waals surface area contributed by atoms with Crippen LogP contribution < -0.4 is 0 Å². The molecule has 0 bridgehead atoms. The standard InChI is InChI=1S/C21H33N3O3/c1-4-14-24-19(27)23(15-18(25)26)16-20(24)10-12-21(13-11-20,22(2)3)17-8-6-5-7-9-17/h5-9,19,27H,4,10-16H2,1-3H3,(H,25,26)/t19?,20-,21+. The molecule has 1 heterocycles. The normalized spacial score (nSPS) is 32.4. The molecule has 0 aromatic heterocycles. The second kappa shape index (κ2) is 7.87. The van der Waals surface area contributed by atoms with Crippen molar-refractivity contribution in [1.82, 2.24) is 14.7 Å². The minimum absolute atomic E-state index is 0.00440. The van der Waals surface area contributed by atoms with Gasteiger partial charge in [0, 0.05) is 24.2 Å². The highest BCUT2D eigenvalue weighted by Gasteiger charge is 2.54. The monoisotopic (exact) mass is 375 g/mol. The van der Waals surface area contributed by atoms with Gasteiger partial charge in [-0.1, -0.05) is 37.3 Å². The smallest absolute Gasteiger partial charge is 0.317 e. The summed E-state index contributed by atoms with van der Waals surface area (Å²) in [6.07, 6.45) is 4.04. The maximum absolute atomic E-state index is 11.2. The molecule has 1 saturated heterocycles. The van der Waals surface area contributed by atoms with Crippen molar-refractivity contribution >= 4 is 5.97 Å². The summed E-state index contributed by atoms with van der Waals surface area (Å²) in [4.78, 5) is 17.4. The first-order chi connectivity index (χ1) is 12.8. The van der Waals surface area contributed by atoms with Gasteiger partial charge in [0.2, 0.25) is 0 Å². The quantitative estimate of drug-likeness (QED) is 0.794. The van der Waals surface area contributed by atoms with Crippen molar-refractivity contribution in [2.45, 2.75) is 56.5 Å². The first kappa shape index (κ1) is 20.3. The molecule has 1 atom stereocenters. The molecule has 6 heteroatoms. The molecule has 2 N–H and O–H groups in total. The van der Waals surface area contributed by atoms with Crippen molar-refractivity contribution in [3.63, 3.8) is 0 Å². The third-order valence-corrected chi connectivity index (χ3v) is 6.69. The van der Waals surface area contributed by atoms with Crippen LogP contribution in [-0.2, 0) is 10.3 Å². The van der Waals surface area contributed by atoms with Gasteiger partial charge in [0.05, 0.1) is 6.54 Å². The SMILES string of the molecule is CCCN1C(O)N(CC(=O)O)C[C@]12CC[C@](c1ccccc1)(N(C)C)CC2. The fraction of sp³-hybridized carbons (Fsp3) is 0.667. The molecule has 1 saturated carbocycles. The van der Waals surface area contributed by atoms with Crippen LogP contribution in [0.3, 0.4) is 0 Å². The van der Waals surface area contributed by atoms with Crippen LogP contribution in [0.15, 0.2) is 30.3 Å². The zero-order chi connectivity index (χ0) is 19.7. The lowest BCUT2D eigenvalue weighted by molar-refractivity contribution is -0.143. The van der Waals surface area contributed by atoms with Crippen molar-refractivity contribution in [3.8, 4) is 0 Å². The summed E-state index contributed by atoms with van der Waals surface area (Å²) in [6.45, 7) is 3.41. The highest BCUT2D eigenvalue weighted by atomic mass is 16.4. The van der Waals surface area contributed by atoms with E-state index in [1.165, 1.54) is 5.56 Å². The number of benzene rings is 1. The predicted molar refractivity (Wildman–Crippen MR) is 105 cm³/mol. The fourth-order valence-corrected chi connectivity index (χ4v) is 5.21. The first-order valence-electron chi connectivity index (χ1n) is 9.98. The maximum Gasteiger partial charge on any atom is 0.317 e. The lowest BCUT2D eigenvalue weighted by Gasteiger charge is -2.51. The molecule has 1 unspecified atom stereocenters. The van der Waals surface area contributed by atoms with Gasteiger partial charge in [0.1, 0.15) is 0 Å². The van der Waals surface area contributed by atoms with E-state index >= 15 is 0 Å². The molecule has 2 aliphatic rings. The van der Waals surface area contributed by atoms with E-state index in [1.807, 2.05) is 0 Å². The maximum atomic E-state index is 11.2. The number of nitrogens with zero attached hydrogens (tertiary/aromatic N) is 3. The topological polar surface area (TPSA) is 67.2 Å². The zero-order valence-corrected chi connectivity index (χ0v) is 16.8. The summed E-state index contributed by atoms with van der Waals surface area (Å²) in [6, 6.07) is 10.7. The second-order valence-electron chi connectivity index (χ2n) is 8.35. The molecule has 1 spiro atoms. The van der Waals surface area contributed by atoms with E-state index in [1.54, 1.807) is 4.90 Å². The van der Waals surface area contributed by atoms with Gasteiger partial charge < -0.3 is 10.2 Å². The molecular weight excluding hydrogens is 342 g/mol. The number of hydrogen-bond acceptors (Lipinski definition) is 5. The van der Waals surface area contributed by atoms with Gasteiger partial charge in [0.15, 0.2) is 6.35 Å².